The van der Waals surface area contributed by atoms with Gasteiger partial charge in [0.25, 0.3) is 0 Å². The molecule has 0 saturated carbocycles. The van der Waals surface area contributed by atoms with E-state index in [-0.39, 0.29) is 0 Å². The summed E-state index contributed by atoms with van der Waals surface area (Å²) in [5.74, 6) is -0.399. The zero-order valence-electron chi connectivity index (χ0n) is 16.3. The second-order valence-electron chi connectivity index (χ2n) is 7.74. The van der Waals surface area contributed by atoms with Crippen LogP contribution < -0.4 is 5.73 Å². The third-order valence-electron chi connectivity index (χ3n) is 5.77. The molecule has 0 bridgehead atoms. The Kier molecular flexibility index (Phi) is 5.55. The van der Waals surface area contributed by atoms with Crippen LogP contribution >= 0.6 is 0 Å². The Balaban J connectivity index is 2.00. The number of amides is 1. The molecule has 7 heteroatoms. The lowest BCUT2D eigenvalue weighted by atomic mass is 9.77. The maximum absolute atomic E-state index is 13.4. The van der Waals surface area contributed by atoms with Crippen molar-refractivity contribution in [3.8, 4) is 5.69 Å². The van der Waals surface area contributed by atoms with Crippen molar-refractivity contribution in [1.82, 2.24) is 9.78 Å². The lowest BCUT2D eigenvalue weighted by Crippen LogP contribution is -2.38. The molecular weight excluding hydrogens is 367 g/mol. The number of carbonyl (C=O) groups excluding carboxylic acids is 1. The molecule has 2 aromatic rings. The summed E-state index contributed by atoms with van der Waals surface area (Å²) in [6, 6.07) is 7.01. The molecule has 1 aliphatic carbocycles. The minimum absolute atomic E-state index is 0.313. The monoisotopic (exact) mass is 393 g/mol. The van der Waals surface area contributed by atoms with Crippen LogP contribution in [0.1, 0.15) is 68.5 Å². The molecule has 28 heavy (non-hydrogen) atoms. The van der Waals surface area contributed by atoms with Crippen LogP contribution in [0.25, 0.3) is 5.69 Å². The summed E-state index contributed by atoms with van der Waals surface area (Å²) in [6.07, 6.45) is 0.558. The van der Waals surface area contributed by atoms with Crippen LogP contribution in [-0.4, -0.2) is 15.7 Å². The third kappa shape index (κ3) is 3.66. The summed E-state index contributed by atoms with van der Waals surface area (Å²) in [4.78, 5) is 12.1. The highest BCUT2D eigenvalue weighted by Crippen LogP contribution is 2.37. The van der Waals surface area contributed by atoms with Crippen molar-refractivity contribution in [3.63, 3.8) is 0 Å². The fourth-order valence-electron chi connectivity index (χ4n) is 3.95. The molecule has 0 aliphatic heterocycles. The van der Waals surface area contributed by atoms with Crippen molar-refractivity contribution >= 4 is 5.91 Å². The maximum Gasteiger partial charge on any atom is 0.435 e. The molecule has 4 nitrogen and oxygen atoms in total. The van der Waals surface area contributed by atoms with E-state index in [1.807, 2.05) is 13.8 Å². The summed E-state index contributed by atoms with van der Waals surface area (Å²) >= 11 is 0. The molecular formula is C21H26F3N3O. The van der Waals surface area contributed by atoms with Gasteiger partial charge in [0, 0.05) is 11.3 Å². The van der Waals surface area contributed by atoms with Gasteiger partial charge in [0.2, 0.25) is 5.91 Å². The van der Waals surface area contributed by atoms with E-state index in [0.717, 1.165) is 31.2 Å². The minimum Gasteiger partial charge on any atom is -0.369 e. The Hall–Kier alpha value is -2.31. The van der Waals surface area contributed by atoms with E-state index < -0.39 is 23.2 Å². The summed E-state index contributed by atoms with van der Waals surface area (Å²) in [5.41, 5.74) is 6.36. The SMILES string of the molecule is CCCCC(C)(C(N)=O)c1ccc(-n2nc(C(F)(F)F)c3c2CCCC3)cc1. The van der Waals surface area contributed by atoms with Crippen molar-refractivity contribution in [2.75, 3.05) is 0 Å². The molecule has 0 radical (unpaired) electrons. The number of unbranched alkanes of at least 4 members (excludes halogenated alkanes) is 1. The predicted molar refractivity (Wildman–Crippen MR) is 101 cm³/mol. The third-order valence-corrected chi connectivity index (χ3v) is 5.77. The van der Waals surface area contributed by atoms with Crippen molar-refractivity contribution in [3.05, 3.63) is 46.8 Å². The Bertz CT molecular complexity index is 855. The Morgan fingerprint density at radius 2 is 1.82 bits per heavy atom. The number of alkyl halides is 3. The van der Waals surface area contributed by atoms with Crippen molar-refractivity contribution < 1.29 is 18.0 Å². The van der Waals surface area contributed by atoms with Crippen LogP contribution in [0.5, 0.6) is 0 Å². The molecule has 1 unspecified atom stereocenters. The van der Waals surface area contributed by atoms with Gasteiger partial charge >= 0.3 is 6.18 Å². The number of primary amides is 1. The van der Waals surface area contributed by atoms with Crippen LogP contribution in [0.15, 0.2) is 24.3 Å². The molecule has 1 atom stereocenters. The van der Waals surface area contributed by atoms with Gasteiger partial charge in [-0.05, 0) is 56.7 Å². The number of nitrogens with zero attached hydrogens (tertiary/aromatic N) is 2. The second-order valence-corrected chi connectivity index (χ2v) is 7.74. The zero-order valence-corrected chi connectivity index (χ0v) is 16.3. The first-order valence-corrected chi connectivity index (χ1v) is 9.77. The first-order chi connectivity index (χ1) is 13.2. The van der Waals surface area contributed by atoms with E-state index in [0.29, 0.717) is 36.2 Å². The van der Waals surface area contributed by atoms with Crippen LogP contribution in [0.2, 0.25) is 0 Å². The van der Waals surface area contributed by atoms with Crippen molar-refractivity contribution in [2.24, 2.45) is 5.73 Å². The number of hydrogen-bond acceptors (Lipinski definition) is 2. The molecule has 0 fully saturated rings. The summed E-state index contributed by atoms with van der Waals surface area (Å²) < 4.78 is 41.6. The van der Waals surface area contributed by atoms with Crippen LogP contribution in [-0.2, 0) is 29.2 Å². The van der Waals surface area contributed by atoms with Gasteiger partial charge in [-0.1, -0.05) is 31.9 Å². The van der Waals surface area contributed by atoms with Gasteiger partial charge < -0.3 is 5.73 Å². The zero-order chi connectivity index (χ0) is 20.5. The van der Waals surface area contributed by atoms with Gasteiger partial charge in [-0.25, -0.2) is 4.68 Å². The number of hydrogen-bond donors (Lipinski definition) is 1. The van der Waals surface area contributed by atoms with E-state index in [9.17, 15) is 18.0 Å². The van der Waals surface area contributed by atoms with Crippen LogP contribution in [0.3, 0.4) is 0 Å². The van der Waals surface area contributed by atoms with E-state index in [4.69, 9.17) is 5.73 Å². The van der Waals surface area contributed by atoms with E-state index in [1.165, 1.54) is 4.68 Å². The second kappa shape index (κ2) is 7.60. The highest BCUT2D eigenvalue weighted by Gasteiger charge is 2.40. The Labute approximate surface area is 162 Å². The molecule has 1 heterocycles. The highest BCUT2D eigenvalue weighted by atomic mass is 19.4. The fourth-order valence-corrected chi connectivity index (χ4v) is 3.95. The molecule has 1 aromatic heterocycles. The van der Waals surface area contributed by atoms with Crippen LogP contribution in [0.4, 0.5) is 13.2 Å². The molecule has 0 spiro atoms. The van der Waals surface area contributed by atoms with E-state index >= 15 is 0 Å². The number of halogens is 3. The molecule has 1 aromatic carbocycles. The van der Waals surface area contributed by atoms with Gasteiger partial charge in [0.1, 0.15) is 0 Å². The smallest absolute Gasteiger partial charge is 0.369 e. The Morgan fingerprint density at radius 3 is 2.39 bits per heavy atom. The largest absolute Gasteiger partial charge is 0.435 e. The van der Waals surface area contributed by atoms with Gasteiger partial charge in [-0.2, -0.15) is 18.3 Å². The molecule has 0 saturated heterocycles. The number of aromatic nitrogens is 2. The highest BCUT2D eigenvalue weighted by molar-refractivity contribution is 5.86. The lowest BCUT2D eigenvalue weighted by molar-refractivity contribution is -0.142. The fraction of sp³-hybridized carbons (Fsp3) is 0.524. The van der Waals surface area contributed by atoms with E-state index in [2.05, 4.69) is 5.10 Å². The standard InChI is InChI=1S/C21H26F3N3O/c1-3-4-13-20(2,19(25)28)14-9-11-15(12-10-14)27-17-8-6-5-7-16(17)18(26-27)21(22,23)24/h9-12H,3-8,13H2,1-2H3,(H2,25,28). The first kappa shape index (κ1) is 20.4. The molecule has 2 N–H and O–H groups in total. The predicted octanol–water partition coefficient (Wildman–Crippen LogP) is 4.70. The van der Waals surface area contributed by atoms with Gasteiger partial charge in [0.05, 0.1) is 11.1 Å². The Morgan fingerprint density at radius 1 is 1.18 bits per heavy atom. The number of carbonyl (C=O) groups is 1. The number of benzene rings is 1. The molecule has 152 valence electrons. The normalized spacial score (nSPS) is 16.5. The maximum atomic E-state index is 13.4. The average Bonchev–Trinajstić information content (AvgIpc) is 3.06. The number of rotatable bonds is 6. The van der Waals surface area contributed by atoms with Gasteiger partial charge in [-0.3, -0.25) is 4.79 Å². The van der Waals surface area contributed by atoms with Gasteiger partial charge in [-0.15, -0.1) is 0 Å². The summed E-state index contributed by atoms with van der Waals surface area (Å²) in [7, 11) is 0. The van der Waals surface area contributed by atoms with Gasteiger partial charge in [0.15, 0.2) is 5.69 Å². The topological polar surface area (TPSA) is 60.9 Å². The summed E-state index contributed by atoms with van der Waals surface area (Å²) in [5, 5.41) is 3.91. The molecule has 1 amide bonds. The lowest BCUT2D eigenvalue weighted by Gasteiger charge is -2.27. The quantitative estimate of drug-likeness (QED) is 0.773. The molecule has 3 rings (SSSR count). The molecule has 1 aliphatic rings. The summed E-state index contributed by atoms with van der Waals surface area (Å²) in [6.45, 7) is 3.86. The van der Waals surface area contributed by atoms with Crippen molar-refractivity contribution in [1.29, 1.82) is 0 Å². The van der Waals surface area contributed by atoms with E-state index in [1.54, 1.807) is 24.3 Å². The average molecular weight is 393 g/mol. The number of nitrogens with two attached hydrogens (primary N) is 1. The van der Waals surface area contributed by atoms with Crippen LogP contribution in [0, 0.1) is 0 Å². The van der Waals surface area contributed by atoms with Crippen molar-refractivity contribution in [2.45, 2.75) is 70.4 Å². The first-order valence-electron chi connectivity index (χ1n) is 9.77. The number of fused-ring (bicyclic) bond motifs is 1. The minimum atomic E-state index is -4.46.